The van der Waals surface area contributed by atoms with Gasteiger partial charge in [-0.05, 0) is 31.0 Å². The fraction of sp³-hybridized carbons (Fsp3) is 0.421. The summed E-state index contributed by atoms with van der Waals surface area (Å²) in [4.78, 5) is 12.3. The van der Waals surface area contributed by atoms with Crippen molar-refractivity contribution in [2.75, 3.05) is 5.75 Å². The van der Waals surface area contributed by atoms with Crippen molar-refractivity contribution in [2.45, 2.75) is 49.8 Å². The summed E-state index contributed by atoms with van der Waals surface area (Å²) in [6, 6.07) is 5.57. The quantitative estimate of drug-likeness (QED) is 0.502. The van der Waals surface area contributed by atoms with Crippen molar-refractivity contribution in [3.8, 4) is 11.4 Å². The lowest BCUT2D eigenvalue weighted by molar-refractivity contribution is -0.119. The molecule has 27 heavy (non-hydrogen) atoms. The smallest absolute Gasteiger partial charge is 0.230 e. The van der Waals surface area contributed by atoms with E-state index in [1.165, 1.54) is 31.0 Å². The summed E-state index contributed by atoms with van der Waals surface area (Å²) in [5.41, 5.74) is 0.744. The zero-order valence-electron chi connectivity index (χ0n) is 15.0. The molecular weight excluding hydrogens is 403 g/mol. The fourth-order valence-electron chi connectivity index (χ4n) is 3.21. The summed E-state index contributed by atoms with van der Waals surface area (Å²) in [6.45, 7) is 4.32. The number of nitrogens with zero attached hydrogens (tertiary/aromatic N) is 3. The number of halogens is 2. The second-order valence-electron chi connectivity index (χ2n) is 6.52. The Morgan fingerprint density at radius 1 is 1.30 bits per heavy atom. The van der Waals surface area contributed by atoms with Gasteiger partial charge < -0.3 is 5.32 Å². The van der Waals surface area contributed by atoms with Gasteiger partial charge in [-0.2, -0.15) is 0 Å². The Bertz CT molecular complexity index is 818. The van der Waals surface area contributed by atoms with Gasteiger partial charge in [0, 0.05) is 23.2 Å². The first-order valence-electron chi connectivity index (χ1n) is 9.00. The molecule has 1 heterocycles. The number of rotatable bonds is 7. The number of thioether (sulfide) groups is 1. The molecule has 1 amide bonds. The molecule has 144 valence electrons. The van der Waals surface area contributed by atoms with Crippen LogP contribution in [0.3, 0.4) is 0 Å². The van der Waals surface area contributed by atoms with E-state index in [4.69, 9.17) is 23.2 Å². The third-order valence-electron chi connectivity index (χ3n) is 4.50. The van der Waals surface area contributed by atoms with Crippen LogP contribution in [0.5, 0.6) is 0 Å². The SMILES string of the molecule is C=CCn1c(SCC(=O)NC2CCCCC2)nnc1-c1ccc(Cl)cc1Cl. The summed E-state index contributed by atoms with van der Waals surface area (Å²) < 4.78 is 1.90. The molecule has 1 saturated carbocycles. The van der Waals surface area contributed by atoms with E-state index >= 15 is 0 Å². The Labute approximate surface area is 173 Å². The van der Waals surface area contributed by atoms with Crippen LogP contribution in [0.25, 0.3) is 11.4 Å². The number of amides is 1. The van der Waals surface area contributed by atoms with Crippen LogP contribution in [0, 0.1) is 0 Å². The Balaban J connectivity index is 1.71. The number of aromatic nitrogens is 3. The lowest BCUT2D eigenvalue weighted by atomic mass is 9.95. The van der Waals surface area contributed by atoms with Crippen LogP contribution in [-0.4, -0.2) is 32.5 Å². The highest BCUT2D eigenvalue weighted by atomic mass is 35.5. The van der Waals surface area contributed by atoms with Gasteiger partial charge in [0.1, 0.15) is 0 Å². The maximum Gasteiger partial charge on any atom is 0.230 e. The number of hydrogen-bond acceptors (Lipinski definition) is 4. The Hall–Kier alpha value is -1.50. The fourth-order valence-corrected chi connectivity index (χ4v) is 4.46. The lowest BCUT2D eigenvalue weighted by Crippen LogP contribution is -2.37. The number of nitrogens with one attached hydrogen (secondary N) is 1. The maximum absolute atomic E-state index is 12.3. The van der Waals surface area contributed by atoms with E-state index in [0.717, 1.165) is 18.4 Å². The summed E-state index contributed by atoms with van der Waals surface area (Å²) in [5.74, 6) is 0.970. The molecule has 0 bridgehead atoms. The summed E-state index contributed by atoms with van der Waals surface area (Å²) >= 11 is 13.7. The normalized spacial score (nSPS) is 14.9. The van der Waals surface area contributed by atoms with E-state index in [1.807, 2.05) is 10.6 Å². The first kappa shape index (κ1) is 20.2. The second kappa shape index (κ2) is 9.62. The molecule has 8 heteroatoms. The van der Waals surface area contributed by atoms with Crippen LogP contribution in [0.2, 0.25) is 10.0 Å². The van der Waals surface area contributed by atoms with E-state index in [1.54, 1.807) is 18.2 Å². The molecule has 0 aliphatic heterocycles. The topological polar surface area (TPSA) is 59.8 Å². The minimum absolute atomic E-state index is 0.0335. The molecule has 0 unspecified atom stereocenters. The van der Waals surface area contributed by atoms with Crippen molar-refractivity contribution in [3.63, 3.8) is 0 Å². The highest BCUT2D eigenvalue weighted by Gasteiger charge is 2.19. The molecule has 1 aliphatic carbocycles. The highest BCUT2D eigenvalue weighted by Crippen LogP contribution is 2.31. The van der Waals surface area contributed by atoms with Crippen molar-refractivity contribution in [2.24, 2.45) is 0 Å². The van der Waals surface area contributed by atoms with Gasteiger partial charge in [0.15, 0.2) is 11.0 Å². The van der Waals surface area contributed by atoms with Crippen LogP contribution in [0.4, 0.5) is 0 Å². The molecule has 1 aromatic carbocycles. The predicted molar refractivity (Wildman–Crippen MR) is 111 cm³/mol. The number of allylic oxidation sites excluding steroid dienone is 1. The van der Waals surface area contributed by atoms with E-state index in [-0.39, 0.29) is 5.91 Å². The zero-order valence-corrected chi connectivity index (χ0v) is 17.3. The van der Waals surface area contributed by atoms with Gasteiger partial charge in [0.2, 0.25) is 5.91 Å². The maximum atomic E-state index is 12.3. The predicted octanol–water partition coefficient (Wildman–Crippen LogP) is 4.98. The molecule has 5 nitrogen and oxygen atoms in total. The number of carbonyl (C=O) groups excluding carboxylic acids is 1. The van der Waals surface area contributed by atoms with Gasteiger partial charge in [-0.25, -0.2) is 0 Å². The van der Waals surface area contributed by atoms with Gasteiger partial charge in [0.25, 0.3) is 0 Å². The van der Waals surface area contributed by atoms with E-state index in [2.05, 4.69) is 22.1 Å². The average Bonchev–Trinajstić information content (AvgIpc) is 3.04. The van der Waals surface area contributed by atoms with Crippen LogP contribution in [-0.2, 0) is 11.3 Å². The van der Waals surface area contributed by atoms with Gasteiger partial charge in [-0.3, -0.25) is 9.36 Å². The van der Waals surface area contributed by atoms with Gasteiger partial charge in [0.05, 0.1) is 10.8 Å². The van der Waals surface area contributed by atoms with E-state index < -0.39 is 0 Å². The van der Waals surface area contributed by atoms with Crippen molar-refractivity contribution < 1.29 is 4.79 Å². The second-order valence-corrected chi connectivity index (χ2v) is 8.31. The lowest BCUT2D eigenvalue weighted by Gasteiger charge is -2.22. The molecule has 1 fully saturated rings. The standard InChI is InChI=1S/C19H22Cl2N4OS/c1-2-10-25-18(15-9-8-13(20)11-16(15)21)23-24-19(25)27-12-17(26)22-14-6-4-3-5-7-14/h2,8-9,11,14H,1,3-7,10,12H2,(H,22,26). The average molecular weight is 425 g/mol. The summed E-state index contributed by atoms with van der Waals surface area (Å²) in [6.07, 6.45) is 7.56. The minimum Gasteiger partial charge on any atom is -0.353 e. The molecule has 2 aromatic rings. The van der Waals surface area contributed by atoms with Crippen molar-refractivity contribution >= 4 is 40.9 Å². The minimum atomic E-state index is 0.0335. The Kier molecular flexibility index (Phi) is 7.21. The van der Waals surface area contributed by atoms with Crippen LogP contribution in [0.1, 0.15) is 32.1 Å². The molecule has 1 aromatic heterocycles. The molecule has 0 saturated heterocycles. The third-order valence-corrected chi connectivity index (χ3v) is 6.02. The number of carbonyl (C=O) groups is 1. The molecule has 3 rings (SSSR count). The monoisotopic (exact) mass is 424 g/mol. The zero-order chi connectivity index (χ0) is 19.2. The number of hydrogen-bond donors (Lipinski definition) is 1. The van der Waals surface area contributed by atoms with Crippen LogP contribution < -0.4 is 5.32 Å². The third kappa shape index (κ3) is 5.27. The molecular formula is C19H22Cl2N4OS. The Morgan fingerprint density at radius 2 is 2.07 bits per heavy atom. The largest absolute Gasteiger partial charge is 0.353 e. The first-order chi connectivity index (χ1) is 13.1. The van der Waals surface area contributed by atoms with Crippen molar-refractivity contribution in [1.82, 2.24) is 20.1 Å². The summed E-state index contributed by atoms with van der Waals surface area (Å²) in [5, 5.41) is 13.4. The van der Waals surface area contributed by atoms with Crippen molar-refractivity contribution in [3.05, 3.63) is 40.9 Å². The highest BCUT2D eigenvalue weighted by molar-refractivity contribution is 7.99. The van der Waals surface area contributed by atoms with Crippen LogP contribution >= 0.6 is 35.0 Å². The first-order valence-corrected chi connectivity index (χ1v) is 10.7. The number of benzene rings is 1. The van der Waals surface area contributed by atoms with Gasteiger partial charge in [-0.15, -0.1) is 16.8 Å². The Morgan fingerprint density at radius 3 is 2.78 bits per heavy atom. The van der Waals surface area contributed by atoms with E-state index in [9.17, 15) is 4.79 Å². The molecule has 0 radical (unpaired) electrons. The van der Waals surface area contributed by atoms with Gasteiger partial charge in [-0.1, -0.05) is 60.3 Å². The molecule has 0 spiro atoms. The summed E-state index contributed by atoms with van der Waals surface area (Å²) in [7, 11) is 0. The van der Waals surface area contributed by atoms with Crippen molar-refractivity contribution in [1.29, 1.82) is 0 Å². The molecule has 0 atom stereocenters. The molecule has 1 aliphatic rings. The van der Waals surface area contributed by atoms with Gasteiger partial charge >= 0.3 is 0 Å². The molecule has 1 N–H and O–H groups in total. The van der Waals surface area contributed by atoms with E-state index in [0.29, 0.717) is 39.4 Å². The van der Waals surface area contributed by atoms with Crippen LogP contribution in [0.15, 0.2) is 36.0 Å².